The van der Waals surface area contributed by atoms with Crippen LogP contribution in [0.2, 0.25) is 0 Å². The molecular formula is C22H28N4O2S. The van der Waals surface area contributed by atoms with E-state index in [4.69, 9.17) is 0 Å². The molecule has 0 aromatic carbocycles. The van der Waals surface area contributed by atoms with E-state index in [0.717, 1.165) is 11.8 Å². The minimum atomic E-state index is -0.481. The van der Waals surface area contributed by atoms with Crippen molar-refractivity contribution in [2.75, 3.05) is 18.9 Å². The van der Waals surface area contributed by atoms with Crippen LogP contribution in [0.5, 0.6) is 0 Å². The third kappa shape index (κ3) is 7.56. The predicted molar refractivity (Wildman–Crippen MR) is 120 cm³/mol. The molecule has 154 valence electrons. The topological polar surface area (TPSA) is 75.2 Å². The van der Waals surface area contributed by atoms with Gasteiger partial charge in [-0.15, -0.1) is 11.3 Å². The van der Waals surface area contributed by atoms with Gasteiger partial charge in [-0.25, -0.2) is 4.98 Å². The van der Waals surface area contributed by atoms with E-state index in [1.54, 1.807) is 30.0 Å². The third-order valence-corrected chi connectivity index (χ3v) is 4.72. The first-order valence-corrected chi connectivity index (χ1v) is 10.2. The number of carbonyl (C=O) groups is 2. The number of likely N-dealkylation sites (N-methyl/N-ethyl adjacent to an activating group) is 1. The van der Waals surface area contributed by atoms with Crippen LogP contribution < -0.4 is 5.32 Å². The van der Waals surface area contributed by atoms with E-state index in [9.17, 15) is 9.59 Å². The van der Waals surface area contributed by atoms with Gasteiger partial charge in [0.2, 0.25) is 5.91 Å². The van der Waals surface area contributed by atoms with Crippen LogP contribution in [0.1, 0.15) is 19.4 Å². The van der Waals surface area contributed by atoms with Crippen molar-refractivity contribution >= 4 is 28.7 Å². The van der Waals surface area contributed by atoms with Gasteiger partial charge in [0.25, 0.3) is 0 Å². The van der Waals surface area contributed by atoms with Crippen molar-refractivity contribution in [3.63, 3.8) is 0 Å². The largest absolute Gasteiger partial charge is 0.301 e. The summed E-state index contributed by atoms with van der Waals surface area (Å²) in [6.45, 7) is 11.8. The molecule has 7 heteroatoms. The summed E-state index contributed by atoms with van der Waals surface area (Å²) in [6, 6.07) is 3.28. The van der Waals surface area contributed by atoms with Crippen molar-refractivity contribution in [1.82, 2.24) is 14.9 Å². The zero-order chi connectivity index (χ0) is 21.6. The second kappa shape index (κ2) is 13.3. The quantitative estimate of drug-likeness (QED) is 0.364. The maximum atomic E-state index is 12.9. The summed E-state index contributed by atoms with van der Waals surface area (Å²) in [6.07, 6.45) is 9.38. The number of amides is 1. The normalized spacial score (nSPS) is 12.1. The Hall–Kier alpha value is -2.90. The number of aldehydes is 1. The molecule has 2 aromatic heterocycles. The number of rotatable bonds is 10. The summed E-state index contributed by atoms with van der Waals surface area (Å²) in [5.74, 6) is -0.175. The number of nitrogens with zero attached hydrogens (tertiary/aromatic N) is 3. The highest BCUT2D eigenvalue weighted by atomic mass is 32.1. The highest BCUT2D eigenvalue weighted by Crippen LogP contribution is 2.16. The number of anilines is 1. The number of hydrogen-bond donors (Lipinski definition) is 1. The number of aromatic nitrogens is 2. The number of thiazole rings is 1. The molecule has 0 spiro atoms. The molecule has 0 saturated heterocycles. The van der Waals surface area contributed by atoms with Crippen molar-refractivity contribution in [3.05, 3.63) is 78.1 Å². The van der Waals surface area contributed by atoms with Crippen molar-refractivity contribution in [2.24, 2.45) is 0 Å². The van der Waals surface area contributed by atoms with Crippen molar-refractivity contribution in [2.45, 2.75) is 26.3 Å². The van der Waals surface area contributed by atoms with Crippen molar-refractivity contribution in [1.29, 1.82) is 0 Å². The molecular weight excluding hydrogens is 384 g/mol. The standard InChI is InChI=1S/C20H22N4O2S.C2H6/c1-4-16(17(5-2)14-25)13-24(3)18(11-15-7-6-8-21-12-15)19(26)23-20-22-9-10-27-20;1-2/h4-10,12,14,18H,1-2,11,13H2,3H3,(H,22,23,26);1-2H3/b17-16-;. The third-order valence-electron chi connectivity index (χ3n) is 4.03. The first-order valence-electron chi connectivity index (χ1n) is 9.31. The van der Waals surface area contributed by atoms with E-state index in [0.29, 0.717) is 29.2 Å². The van der Waals surface area contributed by atoms with E-state index in [1.165, 1.54) is 17.4 Å². The summed E-state index contributed by atoms with van der Waals surface area (Å²) in [5, 5.41) is 5.19. The minimum Gasteiger partial charge on any atom is -0.301 e. The maximum Gasteiger partial charge on any atom is 0.243 e. The molecule has 0 bridgehead atoms. The van der Waals surface area contributed by atoms with Crippen LogP contribution in [0.4, 0.5) is 5.13 Å². The van der Waals surface area contributed by atoms with Gasteiger partial charge in [-0.1, -0.05) is 45.2 Å². The molecule has 2 rings (SSSR count). The van der Waals surface area contributed by atoms with Gasteiger partial charge in [-0.2, -0.15) is 0 Å². The van der Waals surface area contributed by atoms with Gasteiger partial charge in [0.15, 0.2) is 5.13 Å². The van der Waals surface area contributed by atoms with Gasteiger partial charge in [-0.05, 0) is 30.7 Å². The monoisotopic (exact) mass is 412 g/mol. The van der Waals surface area contributed by atoms with Crippen LogP contribution in [0.15, 0.2) is 72.6 Å². The molecule has 0 fully saturated rings. The molecule has 1 unspecified atom stereocenters. The van der Waals surface area contributed by atoms with Crippen LogP contribution >= 0.6 is 11.3 Å². The smallest absolute Gasteiger partial charge is 0.243 e. The van der Waals surface area contributed by atoms with Gasteiger partial charge < -0.3 is 5.32 Å². The Kier molecular flexibility index (Phi) is 11.1. The Morgan fingerprint density at radius 3 is 2.59 bits per heavy atom. The lowest BCUT2D eigenvalue weighted by Crippen LogP contribution is -2.44. The molecule has 0 aliphatic rings. The van der Waals surface area contributed by atoms with E-state index in [-0.39, 0.29) is 5.91 Å². The number of nitrogens with one attached hydrogen (secondary N) is 1. The molecule has 0 aliphatic heterocycles. The van der Waals surface area contributed by atoms with Crippen LogP contribution in [-0.4, -0.2) is 46.7 Å². The lowest BCUT2D eigenvalue weighted by atomic mass is 10.0. The summed E-state index contributed by atoms with van der Waals surface area (Å²) in [5.41, 5.74) is 2.10. The highest BCUT2D eigenvalue weighted by molar-refractivity contribution is 7.13. The first kappa shape index (κ1) is 24.1. The average Bonchev–Trinajstić information content (AvgIpc) is 3.27. The lowest BCUT2D eigenvalue weighted by molar-refractivity contribution is -0.120. The van der Waals surface area contributed by atoms with E-state index < -0.39 is 6.04 Å². The molecule has 0 saturated carbocycles. The van der Waals surface area contributed by atoms with E-state index in [1.807, 2.05) is 37.9 Å². The fraction of sp³-hybridized carbons (Fsp3) is 0.273. The molecule has 2 heterocycles. The lowest BCUT2D eigenvalue weighted by Gasteiger charge is -2.27. The van der Waals surface area contributed by atoms with Crippen molar-refractivity contribution < 1.29 is 9.59 Å². The maximum absolute atomic E-state index is 12.9. The van der Waals surface area contributed by atoms with Crippen LogP contribution in [0.3, 0.4) is 0 Å². The molecule has 1 N–H and O–H groups in total. The number of pyridine rings is 1. The number of hydrogen-bond acceptors (Lipinski definition) is 6. The highest BCUT2D eigenvalue weighted by Gasteiger charge is 2.25. The molecule has 0 aliphatic carbocycles. The van der Waals surface area contributed by atoms with Gasteiger partial charge in [0.1, 0.15) is 6.29 Å². The van der Waals surface area contributed by atoms with Crippen LogP contribution in [-0.2, 0) is 16.0 Å². The molecule has 1 atom stereocenters. The summed E-state index contributed by atoms with van der Waals surface area (Å²) >= 11 is 1.36. The zero-order valence-corrected chi connectivity index (χ0v) is 18.0. The van der Waals surface area contributed by atoms with Gasteiger partial charge >= 0.3 is 0 Å². The zero-order valence-electron chi connectivity index (χ0n) is 17.2. The summed E-state index contributed by atoms with van der Waals surface area (Å²) in [4.78, 5) is 34.2. The Morgan fingerprint density at radius 1 is 1.31 bits per heavy atom. The Morgan fingerprint density at radius 2 is 2.07 bits per heavy atom. The Balaban J connectivity index is 0.00000204. The Labute approximate surface area is 176 Å². The second-order valence-corrected chi connectivity index (χ2v) is 6.72. The average molecular weight is 413 g/mol. The van der Waals surface area contributed by atoms with Crippen molar-refractivity contribution in [3.8, 4) is 0 Å². The molecule has 1 amide bonds. The fourth-order valence-corrected chi connectivity index (χ4v) is 3.10. The fourth-order valence-electron chi connectivity index (χ4n) is 2.57. The predicted octanol–water partition coefficient (Wildman–Crippen LogP) is 3.91. The van der Waals surface area contributed by atoms with E-state index >= 15 is 0 Å². The van der Waals surface area contributed by atoms with Gasteiger partial charge in [0, 0.05) is 36.1 Å². The minimum absolute atomic E-state index is 0.175. The number of allylic oxidation sites excluding steroid dienone is 2. The molecule has 0 radical (unpaired) electrons. The SMILES string of the molecule is C=C/C(C=O)=C(\C=C)CN(C)C(Cc1cccnc1)C(=O)Nc1nccs1.CC. The van der Waals surface area contributed by atoms with Gasteiger partial charge in [0.05, 0.1) is 6.04 Å². The summed E-state index contributed by atoms with van der Waals surface area (Å²) < 4.78 is 0. The number of carbonyl (C=O) groups excluding carboxylic acids is 2. The second-order valence-electron chi connectivity index (χ2n) is 5.83. The summed E-state index contributed by atoms with van der Waals surface area (Å²) in [7, 11) is 1.83. The Bertz CT molecular complexity index is 807. The molecule has 29 heavy (non-hydrogen) atoms. The molecule has 6 nitrogen and oxygen atoms in total. The molecule has 2 aromatic rings. The first-order chi connectivity index (χ1) is 14.1. The van der Waals surface area contributed by atoms with Crippen LogP contribution in [0, 0.1) is 0 Å². The van der Waals surface area contributed by atoms with Crippen LogP contribution in [0.25, 0.3) is 0 Å². The van der Waals surface area contributed by atoms with E-state index in [2.05, 4.69) is 28.4 Å². The van der Waals surface area contributed by atoms with Gasteiger partial charge in [-0.3, -0.25) is 19.5 Å².